The predicted octanol–water partition coefficient (Wildman–Crippen LogP) is 4.72. The highest BCUT2D eigenvalue weighted by Gasteiger charge is 2.18. The molecule has 29 heavy (non-hydrogen) atoms. The highest BCUT2D eigenvalue weighted by molar-refractivity contribution is 6.33. The number of halogens is 1. The van der Waals surface area contributed by atoms with Gasteiger partial charge < -0.3 is 19.4 Å². The largest absolute Gasteiger partial charge is 0.454 e. The summed E-state index contributed by atoms with van der Waals surface area (Å²) in [4.78, 5) is 17.5. The van der Waals surface area contributed by atoms with Gasteiger partial charge in [-0.05, 0) is 36.4 Å². The minimum atomic E-state index is -0.180. The Balaban J connectivity index is 1.49. The van der Waals surface area contributed by atoms with E-state index in [4.69, 9.17) is 26.1 Å². The Bertz CT molecular complexity index is 1240. The Labute approximate surface area is 171 Å². The van der Waals surface area contributed by atoms with Crippen LogP contribution in [0, 0.1) is 0 Å². The van der Waals surface area contributed by atoms with Crippen LogP contribution in [-0.4, -0.2) is 22.3 Å². The zero-order chi connectivity index (χ0) is 19.8. The Morgan fingerprint density at radius 2 is 1.83 bits per heavy atom. The molecule has 3 aromatic carbocycles. The van der Waals surface area contributed by atoms with E-state index >= 15 is 0 Å². The van der Waals surface area contributed by atoms with Crippen molar-refractivity contribution in [1.29, 1.82) is 0 Å². The summed E-state index contributed by atoms with van der Waals surface area (Å²) in [5, 5.41) is 3.50. The van der Waals surface area contributed by atoms with Gasteiger partial charge in [0, 0.05) is 17.3 Å². The van der Waals surface area contributed by atoms with Gasteiger partial charge in [0.05, 0.1) is 16.1 Å². The van der Waals surface area contributed by atoms with Gasteiger partial charge in [-0.2, -0.15) is 0 Å². The monoisotopic (exact) mass is 405 g/mol. The summed E-state index contributed by atoms with van der Waals surface area (Å²) >= 11 is 6.40. The minimum absolute atomic E-state index is 0.0928. The number of amides is 1. The fourth-order valence-electron chi connectivity index (χ4n) is 3.40. The lowest BCUT2D eigenvalue weighted by Crippen LogP contribution is -2.19. The normalized spacial score (nSPS) is 12.3. The van der Waals surface area contributed by atoms with Crippen LogP contribution in [0.15, 0.2) is 66.7 Å². The van der Waals surface area contributed by atoms with E-state index in [9.17, 15) is 4.79 Å². The summed E-state index contributed by atoms with van der Waals surface area (Å²) in [6, 6.07) is 20.5. The number of ether oxygens (including phenoxy) is 2. The van der Waals surface area contributed by atoms with Crippen molar-refractivity contribution in [1.82, 2.24) is 9.55 Å². The van der Waals surface area contributed by atoms with Crippen molar-refractivity contribution >= 4 is 34.2 Å². The van der Waals surface area contributed by atoms with Gasteiger partial charge in [-0.15, -0.1) is 0 Å². The van der Waals surface area contributed by atoms with Crippen molar-refractivity contribution in [2.75, 3.05) is 12.1 Å². The van der Waals surface area contributed by atoms with Gasteiger partial charge >= 0.3 is 0 Å². The number of hydrogen-bond acceptors (Lipinski definition) is 4. The first kappa shape index (κ1) is 17.6. The molecule has 1 aromatic heterocycles. The van der Waals surface area contributed by atoms with Crippen LogP contribution in [0.4, 0.5) is 5.69 Å². The molecular formula is C22H16ClN3O3. The second-order valence-electron chi connectivity index (χ2n) is 6.61. The lowest BCUT2D eigenvalue weighted by Gasteiger charge is -2.11. The fourth-order valence-corrected chi connectivity index (χ4v) is 3.62. The number of nitrogens with zero attached hydrogens (tertiary/aromatic N) is 2. The molecule has 1 N–H and O–H groups in total. The van der Waals surface area contributed by atoms with Gasteiger partial charge in [-0.25, -0.2) is 4.98 Å². The van der Waals surface area contributed by atoms with E-state index in [0.29, 0.717) is 28.0 Å². The first-order chi connectivity index (χ1) is 14.2. The molecule has 0 aliphatic carbocycles. The van der Waals surface area contributed by atoms with Crippen molar-refractivity contribution in [2.45, 2.75) is 6.54 Å². The zero-order valence-electron chi connectivity index (χ0n) is 15.3. The molecule has 2 heterocycles. The van der Waals surface area contributed by atoms with Crippen molar-refractivity contribution < 1.29 is 14.3 Å². The van der Waals surface area contributed by atoms with Gasteiger partial charge in [0.15, 0.2) is 11.5 Å². The number of benzene rings is 3. The fraction of sp³-hybridized carbons (Fsp3) is 0.0909. The van der Waals surface area contributed by atoms with E-state index in [-0.39, 0.29) is 19.2 Å². The minimum Gasteiger partial charge on any atom is -0.454 e. The number of para-hydroxylation sites is 2. The Hall–Kier alpha value is -3.51. The molecule has 0 spiro atoms. The second kappa shape index (κ2) is 7.14. The van der Waals surface area contributed by atoms with E-state index in [1.54, 1.807) is 18.2 Å². The number of imidazole rings is 1. The average molecular weight is 406 g/mol. The van der Waals surface area contributed by atoms with Crippen molar-refractivity contribution in [3.8, 4) is 22.9 Å². The molecule has 1 aliphatic rings. The topological polar surface area (TPSA) is 65.4 Å². The van der Waals surface area contributed by atoms with Crippen LogP contribution in [0.3, 0.4) is 0 Å². The zero-order valence-corrected chi connectivity index (χ0v) is 16.0. The maximum atomic E-state index is 12.8. The molecule has 0 saturated heterocycles. The summed E-state index contributed by atoms with van der Waals surface area (Å²) in [6.45, 7) is 0.282. The summed E-state index contributed by atoms with van der Waals surface area (Å²) < 4.78 is 12.6. The number of rotatable bonds is 4. The molecule has 5 rings (SSSR count). The third kappa shape index (κ3) is 3.28. The lowest BCUT2D eigenvalue weighted by atomic mass is 10.2. The van der Waals surface area contributed by atoms with E-state index in [1.807, 2.05) is 53.1 Å². The van der Waals surface area contributed by atoms with Crippen LogP contribution in [0.1, 0.15) is 0 Å². The van der Waals surface area contributed by atoms with Gasteiger partial charge in [-0.1, -0.05) is 35.9 Å². The van der Waals surface area contributed by atoms with Crippen LogP contribution in [0.25, 0.3) is 22.4 Å². The van der Waals surface area contributed by atoms with Gasteiger partial charge in [0.25, 0.3) is 0 Å². The second-order valence-corrected chi connectivity index (χ2v) is 7.01. The smallest absolute Gasteiger partial charge is 0.244 e. The molecule has 0 atom stereocenters. The van der Waals surface area contributed by atoms with Crippen LogP contribution < -0.4 is 14.8 Å². The molecule has 1 amide bonds. The van der Waals surface area contributed by atoms with Crippen molar-refractivity contribution in [2.24, 2.45) is 0 Å². The Morgan fingerprint density at radius 3 is 2.72 bits per heavy atom. The molecule has 4 aromatic rings. The SMILES string of the molecule is O=C(Cn1c(-c2ccccc2Cl)nc2ccccc21)Nc1ccc2c(c1)OCO2. The average Bonchev–Trinajstić information content (AvgIpc) is 3.33. The maximum Gasteiger partial charge on any atom is 0.244 e. The van der Waals surface area contributed by atoms with Crippen LogP contribution in [-0.2, 0) is 11.3 Å². The third-order valence-electron chi connectivity index (χ3n) is 4.73. The highest BCUT2D eigenvalue weighted by Crippen LogP contribution is 2.34. The van der Waals surface area contributed by atoms with Gasteiger partial charge in [0.2, 0.25) is 12.7 Å². The summed E-state index contributed by atoms with van der Waals surface area (Å²) in [5.74, 6) is 1.76. The quantitative estimate of drug-likeness (QED) is 0.533. The Morgan fingerprint density at radius 1 is 1.03 bits per heavy atom. The predicted molar refractivity (Wildman–Crippen MR) is 111 cm³/mol. The summed E-state index contributed by atoms with van der Waals surface area (Å²) in [7, 11) is 0. The molecule has 144 valence electrons. The number of carbonyl (C=O) groups excluding carboxylic acids is 1. The Kier molecular flexibility index (Phi) is 4.33. The third-order valence-corrected chi connectivity index (χ3v) is 5.06. The lowest BCUT2D eigenvalue weighted by molar-refractivity contribution is -0.116. The summed E-state index contributed by atoms with van der Waals surface area (Å²) in [5.41, 5.74) is 3.09. The van der Waals surface area contributed by atoms with Crippen LogP contribution in [0.2, 0.25) is 5.02 Å². The standard InChI is InChI=1S/C22H16ClN3O3/c23-16-6-2-1-5-15(16)22-25-17-7-3-4-8-18(17)26(22)12-21(27)24-14-9-10-19-20(11-14)29-13-28-19/h1-11H,12-13H2,(H,24,27). The first-order valence-corrected chi connectivity index (χ1v) is 9.46. The molecule has 0 saturated carbocycles. The molecular weight excluding hydrogens is 390 g/mol. The molecule has 6 nitrogen and oxygen atoms in total. The number of aromatic nitrogens is 2. The molecule has 0 unspecified atom stereocenters. The van der Waals surface area contributed by atoms with Crippen molar-refractivity contribution in [3.05, 3.63) is 71.8 Å². The van der Waals surface area contributed by atoms with Crippen LogP contribution in [0.5, 0.6) is 11.5 Å². The maximum absolute atomic E-state index is 12.8. The highest BCUT2D eigenvalue weighted by atomic mass is 35.5. The number of fused-ring (bicyclic) bond motifs is 2. The van der Waals surface area contributed by atoms with Crippen molar-refractivity contribution in [3.63, 3.8) is 0 Å². The number of hydrogen-bond donors (Lipinski definition) is 1. The van der Waals surface area contributed by atoms with E-state index in [2.05, 4.69) is 5.32 Å². The molecule has 0 fully saturated rings. The van der Waals surface area contributed by atoms with Crippen LogP contribution >= 0.6 is 11.6 Å². The first-order valence-electron chi connectivity index (χ1n) is 9.09. The number of anilines is 1. The molecule has 1 aliphatic heterocycles. The van der Waals surface area contributed by atoms with E-state index < -0.39 is 0 Å². The van der Waals surface area contributed by atoms with E-state index in [1.165, 1.54) is 0 Å². The summed E-state index contributed by atoms with van der Waals surface area (Å²) in [6.07, 6.45) is 0. The number of nitrogens with one attached hydrogen (secondary N) is 1. The van der Waals surface area contributed by atoms with Gasteiger partial charge in [0.1, 0.15) is 12.4 Å². The molecule has 0 radical (unpaired) electrons. The molecule has 7 heteroatoms. The molecule has 0 bridgehead atoms. The number of carbonyl (C=O) groups is 1. The van der Waals surface area contributed by atoms with E-state index in [0.717, 1.165) is 16.6 Å². The van der Waals surface area contributed by atoms with Gasteiger partial charge in [-0.3, -0.25) is 4.79 Å².